The van der Waals surface area contributed by atoms with Crippen LogP contribution < -0.4 is 5.11 Å². The molecule has 4 atom stereocenters. The molecule has 0 radical (unpaired) electrons. The lowest BCUT2D eigenvalue weighted by atomic mass is 9.74. The summed E-state index contributed by atoms with van der Waals surface area (Å²) in [5.41, 5.74) is 1.78. The van der Waals surface area contributed by atoms with Gasteiger partial charge in [-0.25, -0.2) is 0 Å². The molecule has 160 valence electrons. The number of nitrogens with zero attached hydrogens (tertiary/aromatic N) is 1. The van der Waals surface area contributed by atoms with E-state index in [-0.39, 0.29) is 30.9 Å². The second-order valence-electron chi connectivity index (χ2n) is 7.66. The van der Waals surface area contributed by atoms with Crippen LogP contribution in [0.4, 0.5) is 0 Å². The minimum atomic E-state index is -1.26. The molecule has 0 aromatic heterocycles. The molecule has 1 aliphatic heterocycles. The van der Waals surface area contributed by atoms with Crippen LogP contribution in [0.25, 0.3) is 0 Å². The van der Waals surface area contributed by atoms with Crippen LogP contribution in [0.1, 0.15) is 49.3 Å². The van der Waals surface area contributed by atoms with Gasteiger partial charge in [-0.1, -0.05) is 54.4 Å². The van der Waals surface area contributed by atoms with E-state index in [2.05, 4.69) is 0 Å². The number of rotatable bonds is 7. The standard InChI is InChI=1S/C23H25Cl2NO4/c1-2-19(13-27)26-22(14-6-8-17(24)9-7-14)20(15-4-3-5-18(25)10-15)11-16(23(26)30)12-21(28)29/h3-10,16,19-20,22,27H,2,11-13H2,1H3,(H,28,29)/p-1/t16-,19+,20-,22-/m1/s1. The van der Waals surface area contributed by atoms with Gasteiger partial charge in [-0.05, 0) is 54.7 Å². The summed E-state index contributed by atoms with van der Waals surface area (Å²) in [6.07, 6.45) is 0.521. The first kappa shape index (κ1) is 22.6. The van der Waals surface area contributed by atoms with Gasteiger partial charge in [-0.15, -0.1) is 0 Å². The van der Waals surface area contributed by atoms with E-state index >= 15 is 0 Å². The maximum atomic E-state index is 13.4. The van der Waals surface area contributed by atoms with Crippen molar-refractivity contribution in [1.82, 2.24) is 4.90 Å². The van der Waals surface area contributed by atoms with E-state index in [0.29, 0.717) is 22.9 Å². The molecule has 30 heavy (non-hydrogen) atoms. The van der Waals surface area contributed by atoms with Crippen molar-refractivity contribution < 1.29 is 19.8 Å². The molecule has 1 N–H and O–H groups in total. The topological polar surface area (TPSA) is 80.7 Å². The number of benzene rings is 2. The first-order valence-electron chi connectivity index (χ1n) is 9.99. The minimum absolute atomic E-state index is 0.201. The van der Waals surface area contributed by atoms with Gasteiger partial charge in [0, 0.05) is 27.9 Å². The number of likely N-dealkylation sites (tertiary alicyclic amines) is 1. The van der Waals surface area contributed by atoms with E-state index in [4.69, 9.17) is 23.2 Å². The summed E-state index contributed by atoms with van der Waals surface area (Å²) in [6.45, 7) is 1.68. The van der Waals surface area contributed by atoms with E-state index in [9.17, 15) is 19.8 Å². The average molecular weight is 449 g/mol. The molecule has 2 aromatic rings. The van der Waals surface area contributed by atoms with Crippen molar-refractivity contribution in [3.05, 3.63) is 69.7 Å². The van der Waals surface area contributed by atoms with E-state index in [1.54, 1.807) is 23.1 Å². The van der Waals surface area contributed by atoms with Crippen LogP contribution in [0, 0.1) is 5.92 Å². The number of aliphatic carboxylic acids is 1. The summed E-state index contributed by atoms with van der Waals surface area (Å²) in [6, 6.07) is 13.8. The number of aliphatic hydroxyl groups excluding tert-OH is 1. The van der Waals surface area contributed by atoms with Crippen LogP contribution in [0.3, 0.4) is 0 Å². The molecule has 1 saturated heterocycles. The highest BCUT2D eigenvalue weighted by Crippen LogP contribution is 2.47. The molecule has 0 spiro atoms. The van der Waals surface area contributed by atoms with Crippen molar-refractivity contribution >= 4 is 35.1 Å². The summed E-state index contributed by atoms with van der Waals surface area (Å²) in [5, 5.41) is 22.5. The van der Waals surface area contributed by atoms with Crippen molar-refractivity contribution in [3.8, 4) is 0 Å². The third-order valence-electron chi connectivity index (χ3n) is 5.80. The number of hydrogen-bond donors (Lipinski definition) is 1. The van der Waals surface area contributed by atoms with Gasteiger partial charge in [-0.2, -0.15) is 0 Å². The summed E-state index contributed by atoms with van der Waals surface area (Å²) in [4.78, 5) is 26.4. The minimum Gasteiger partial charge on any atom is -0.550 e. The predicted octanol–water partition coefficient (Wildman–Crippen LogP) is 3.58. The van der Waals surface area contributed by atoms with Crippen LogP contribution >= 0.6 is 23.2 Å². The Morgan fingerprint density at radius 3 is 2.43 bits per heavy atom. The Labute approximate surface area is 186 Å². The quantitative estimate of drug-likeness (QED) is 0.701. The largest absolute Gasteiger partial charge is 0.550 e. The van der Waals surface area contributed by atoms with Gasteiger partial charge in [0.25, 0.3) is 0 Å². The van der Waals surface area contributed by atoms with Crippen LogP contribution in [-0.2, 0) is 9.59 Å². The Balaban J connectivity index is 2.16. The number of piperidine rings is 1. The fourth-order valence-corrected chi connectivity index (χ4v) is 4.70. The molecule has 7 heteroatoms. The van der Waals surface area contributed by atoms with Crippen molar-refractivity contribution in [2.75, 3.05) is 6.61 Å². The third-order valence-corrected chi connectivity index (χ3v) is 6.29. The SMILES string of the molecule is CC[C@@H](CO)N1C(=O)[C@@H](CC(=O)[O-])C[C@H](c2cccc(Cl)c2)[C@H]1c1ccc(Cl)cc1. The zero-order chi connectivity index (χ0) is 21.8. The number of hydrogen-bond acceptors (Lipinski definition) is 4. The van der Waals surface area contributed by atoms with E-state index in [0.717, 1.165) is 11.1 Å². The van der Waals surface area contributed by atoms with Crippen molar-refractivity contribution in [2.24, 2.45) is 5.92 Å². The van der Waals surface area contributed by atoms with Gasteiger partial charge in [0.15, 0.2) is 0 Å². The normalized spacial score (nSPS) is 22.7. The predicted molar refractivity (Wildman–Crippen MR) is 114 cm³/mol. The van der Waals surface area contributed by atoms with Gasteiger partial charge in [0.1, 0.15) is 0 Å². The molecule has 1 aliphatic rings. The number of carbonyl (C=O) groups excluding carboxylic acids is 2. The molecule has 5 nitrogen and oxygen atoms in total. The van der Waals surface area contributed by atoms with Crippen LogP contribution in [-0.4, -0.2) is 34.5 Å². The molecular weight excluding hydrogens is 425 g/mol. The molecule has 1 heterocycles. The van der Waals surface area contributed by atoms with Crippen LogP contribution in [0.5, 0.6) is 0 Å². The molecule has 0 aliphatic carbocycles. The lowest BCUT2D eigenvalue weighted by Crippen LogP contribution is -2.53. The summed E-state index contributed by atoms with van der Waals surface area (Å²) in [7, 11) is 0. The highest BCUT2D eigenvalue weighted by atomic mass is 35.5. The fraction of sp³-hybridized carbons (Fsp3) is 0.391. The molecule has 0 bridgehead atoms. The number of aliphatic hydroxyl groups is 1. The summed E-state index contributed by atoms with van der Waals surface area (Å²) in [5.74, 6) is -2.48. The average Bonchev–Trinajstić information content (AvgIpc) is 2.71. The Kier molecular flexibility index (Phi) is 7.40. The Hall–Kier alpha value is -2.08. The van der Waals surface area contributed by atoms with Gasteiger partial charge >= 0.3 is 0 Å². The first-order valence-corrected chi connectivity index (χ1v) is 10.7. The number of amides is 1. The number of halogens is 2. The van der Waals surface area contributed by atoms with Crippen molar-refractivity contribution in [2.45, 2.75) is 44.2 Å². The van der Waals surface area contributed by atoms with Gasteiger partial charge in [-0.3, -0.25) is 4.79 Å². The van der Waals surface area contributed by atoms with E-state index < -0.39 is 17.9 Å². The second-order valence-corrected chi connectivity index (χ2v) is 8.53. The van der Waals surface area contributed by atoms with Gasteiger partial charge < -0.3 is 19.9 Å². The molecule has 1 amide bonds. The Morgan fingerprint density at radius 2 is 1.87 bits per heavy atom. The zero-order valence-electron chi connectivity index (χ0n) is 16.6. The number of carboxylic acid groups (broad SMARTS) is 1. The monoisotopic (exact) mass is 448 g/mol. The second kappa shape index (κ2) is 9.82. The fourth-order valence-electron chi connectivity index (χ4n) is 4.38. The number of carbonyl (C=O) groups is 2. The molecule has 3 rings (SSSR count). The lowest BCUT2D eigenvalue weighted by molar-refractivity contribution is -0.307. The van der Waals surface area contributed by atoms with E-state index in [1.165, 1.54) is 0 Å². The van der Waals surface area contributed by atoms with Crippen molar-refractivity contribution in [1.29, 1.82) is 0 Å². The van der Waals surface area contributed by atoms with E-state index in [1.807, 2.05) is 37.3 Å². The van der Waals surface area contributed by atoms with Gasteiger partial charge in [0.2, 0.25) is 5.91 Å². The highest BCUT2D eigenvalue weighted by molar-refractivity contribution is 6.30. The Morgan fingerprint density at radius 1 is 1.17 bits per heavy atom. The molecule has 0 unspecified atom stereocenters. The molecule has 2 aromatic carbocycles. The molecule has 1 fully saturated rings. The van der Waals surface area contributed by atoms with Crippen LogP contribution in [0.15, 0.2) is 48.5 Å². The highest BCUT2D eigenvalue weighted by Gasteiger charge is 2.45. The molecular formula is C23H24Cl2NO4-. The lowest BCUT2D eigenvalue weighted by Gasteiger charge is -2.48. The Bertz CT molecular complexity index is 898. The van der Waals surface area contributed by atoms with Crippen LogP contribution in [0.2, 0.25) is 10.0 Å². The van der Waals surface area contributed by atoms with Gasteiger partial charge in [0.05, 0.1) is 18.7 Å². The maximum Gasteiger partial charge on any atom is 0.226 e. The zero-order valence-corrected chi connectivity index (χ0v) is 18.1. The summed E-state index contributed by atoms with van der Waals surface area (Å²) < 4.78 is 0. The first-order chi connectivity index (χ1) is 14.3. The smallest absolute Gasteiger partial charge is 0.226 e. The third kappa shape index (κ3) is 4.80. The summed E-state index contributed by atoms with van der Waals surface area (Å²) >= 11 is 12.3. The molecule has 0 saturated carbocycles. The maximum absolute atomic E-state index is 13.4. The van der Waals surface area contributed by atoms with Crippen molar-refractivity contribution in [3.63, 3.8) is 0 Å². The number of carboxylic acids is 1.